The molecule has 0 spiro atoms. The maximum atomic E-state index is 6.05. The number of nitrogens with two attached hydrogens (primary N) is 1. The maximum absolute atomic E-state index is 6.05. The van der Waals surface area contributed by atoms with Gasteiger partial charge in [-0.05, 0) is 37.3 Å². The van der Waals surface area contributed by atoms with E-state index in [9.17, 15) is 0 Å². The number of halogens is 1. The molecule has 2 aromatic heterocycles. The average molecular weight is 381 g/mol. The predicted molar refractivity (Wildman–Crippen MR) is 102 cm³/mol. The highest BCUT2D eigenvalue weighted by molar-refractivity contribution is 6.30. The second-order valence-corrected chi connectivity index (χ2v) is 6.78. The van der Waals surface area contributed by atoms with Crippen LogP contribution < -0.4 is 5.32 Å². The van der Waals surface area contributed by atoms with Crippen LogP contribution in [-0.4, -0.2) is 10.2 Å². The third-order valence-corrected chi connectivity index (χ3v) is 4.63. The van der Waals surface area contributed by atoms with Gasteiger partial charge in [-0.25, -0.2) is 0 Å². The Kier molecular flexibility index (Phi) is 5.05. The van der Waals surface area contributed by atoms with Crippen LogP contribution in [0.1, 0.15) is 36.2 Å². The lowest BCUT2D eigenvalue weighted by molar-refractivity contribution is -0.727. The van der Waals surface area contributed by atoms with E-state index in [0.717, 1.165) is 16.9 Å². The fraction of sp³-hybridized carbons (Fsp3) is 0.143. The van der Waals surface area contributed by atoms with Crippen molar-refractivity contribution in [3.05, 3.63) is 95.2 Å². The summed E-state index contributed by atoms with van der Waals surface area (Å²) in [5.74, 6) is 1.89. The summed E-state index contributed by atoms with van der Waals surface area (Å²) >= 11 is 6.05. The Morgan fingerprint density at radius 1 is 0.963 bits per heavy atom. The van der Waals surface area contributed by atoms with Gasteiger partial charge in [-0.15, -0.1) is 10.2 Å². The van der Waals surface area contributed by atoms with Crippen LogP contribution >= 0.6 is 11.6 Å². The molecule has 0 fully saturated rings. The second kappa shape index (κ2) is 7.78. The minimum absolute atomic E-state index is 0.00211. The normalized spacial score (nSPS) is 13.4. The van der Waals surface area contributed by atoms with Gasteiger partial charge in [-0.2, -0.15) is 0 Å². The van der Waals surface area contributed by atoms with Crippen molar-refractivity contribution >= 4 is 11.6 Å². The van der Waals surface area contributed by atoms with E-state index < -0.39 is 0 Å². The molecule has 0 aliphatic carbocycles. The highest BCUT2D eigenvalue weighted by Gasteiger charge is 2.26. The molecule has 136 valence electrons. The van der Waals surface area contributed by atoms with E-state index >= 15 is 0 Å². The molecule has 6 heteroatoms. The minimum atomic E-state index is -0.0549. The Bertz CT molecular complexity index is 999. The van der Waals surface area contributed by atoms with Crippen molar-refractivity contribution in [2.45, 2.75) is 19.0 Å². The van der Waals surface area contributed by atoms with Gasteiger partial charge in [-0.1, -0.05) is 48.0 Å². The SMILES string of the molecule is C[C@H]([NH2+][C@H](c1ccccc1)c1ccco1)c1nnc(-c2cccc(Cl)c2)o1. The van der Waals surface area contributed by atoms with Gasteiger partial charge in [0.05, 0.1) is 6.26 Å². The van der Waals surface area contributed by atoms with Crippen LogP contribution in [0, 0.1) is 0 Å². The summed E-state index contributed by atoms with van der Waals surface area (Å²) in [5.41, 5.74) is 1.95. The topological polar surface area (TPSA) is 68.7 Å². The Balaban J connectivity index is 1.58. The average Bonchev–Trinajstić information content (AvgIpc) is 3.39. The number of furan rings is 1. The molecule has 0 saturated heterocycles. The lowest BCUT2D eigenvalue weighted by atomic mass is 10.0. The van der Waals surface area contributed by atoms with Crippen molar-refractivity contribution in [3.8, 4) is 11.5 Å². The summed E-state index contributed by atoms with van der Waals surface area (Å²) in [6, 6.07) is 21.4. The second-order valence-electron chi connectivity index (χ2n) is 6.34. The van der Waals surface area contributed by atoms with E-state index in [4.69, 9.17) is 20.4 Å². The van der Waals surface area contributed by atoms with E-state index in [0.29, 0.717) is 16.8 Å². The summed E-state index contributed by atoms with van der Waals surface area (Å²) in [6.07, 6.45) is 1.69. The van der Waals surface area contributed by atoms with Crippen LogP contribution in [0.5, 0.6) is 0 Å². The molecule has 0 radical (unpaired) electrons. The van der Waals surface area contributed by atoms with Crippen molar-refractivity contribution < 1.29 is 14.2 Å². The van der Waals surface area contributed by atoms with Crippen LogP contribution in [0.25, 0.3) is 11.5 Å². The van der Waals surface area contributed by atoms with E-state index in [-0.39, 0.29) is 12.1 Å². The predicted octanol–water partition coefficient (Wildman–Crippen LogP) is 4.40. The van der Waals surface area contributed by atoms with Gasteiger partial charge in [0.25, 0.3) is 5.89 Å². The van der Waals surface area contributed by atoms with Crippen molar-refractivity contribution in [3.63, 3.8) is 0 Å². The molecule has 2 aromatic carbocycles. The standard InChI is InChI=1S/C21H18ClN3O2/c1-14(20-24-25-21(27-20)16-9-5-10-17(22)13-16)23-19(18-11-6-12-26-18)15-7-3-2-4-8-15/h2-14,19,23H,1H3/p+1/t14-,19+/m0/s1. The first-order valence-electron chi connectivity index (χ1n) is 8.73. The number of nitrogens with zero attached hydrogens (tertiary/aromatic N) is 2. The maximum Gasteiger partial charge on any atom is 0.274 e. The number of quaternary nitrogens is 1. The van der Waals surface area contributed by atoms with Gasteiger partial charge >= 0.3 is 0 Å². The molecule has 27 heavy (non-hydrogen) atoms. The van der Waals surface area contributed by atoms with Gasteiger partial charge in [0, 0.05) is 16.1 Å². The Morgan fingerprint density at radius 3 is 2.56 bits per heavy atom. The molecule has 0 unspecified atom stereocenters. The number of benzene rings is 2. The Hall–Kier alpha value is -2.89. The molecular weight excluding hydrogens is 362 g/mol. The minimum Gasteiger partial charge on any atom is -0.463 e. The van der Waals surface area contributed by atoms with Gasteiger partial charge in [0.2, 0.25) is 5.89 Å². The van der Waals surface area contributed by atoms with E-state index in [1.807, 2.05) is 61.5 Å². The molecule has 2 heterocycles. The largest absolute Gasteiger partial charge is 0.463 e. The van der Waals surface area contributed by atoms with Crippen molar-refractivity contribution in [1.82, 2.24) is 10.2 Å². The van der Waals surface area contributed by atoms with Crippen LogP contribution in [0.4, 0.5) is 0 Å². The van der Waals surface area contributed by atoms with Gasteiger partial charge in [-0.3, -0.25) is 0 Å². The molecule has 0 amide bonds. The molecule has 2 N–H and O–H groups in total. The Labute approximate surface area is 162 Å². The molecule has 0 saturated carbocycles. The van der Waals surface area contributed by atoms with E-state index in [1.54, 1.807) is 6.26 Å². The highest BCUT2D eigenvalue weighted by Crippen LogP contribution is 2.24. The smallest absolute Gasteiger partial charge is 0.274 e. The fourth-order valence-electron chi connectivity index (χ4n) is 3.03. The number of aromatic nitrogens is 2. The summed E-state index contributed by atoms with van der Waals surface area (Å²) < 4.78 is 11.6. The van der Waals surface area contributed by atoms with Crippen molar-refractivity contribution in [2.24, 2.45) is 0 Å². The third-order valence-electron chi connectivity index (χ3n) is 4.39. The number of hydrogen-bond donors (Lipinski definition) is 1. The lowest BCUT2D eigenvalue weighted by Gasteiger charge is -2.16. The first kappa shape index (κ1) is 17.5. The molecule has 0 aliphatic rings. The first-order chi connectivity index (χ1) is 13.2. The molecule has 0 bridgehead atoms. The molecule has 4 aromatic rings. The summed E-state index contributed by atoms with van der Waals surface area (Å²) in [4.78, 5) is 0. The summed E-state index contributed by atoms with van der Waals surface area (Å²) in [6.45, 7) is 2.04. The lowest BCUT2D eigenvalue weighted by Crippen LogP contribution is -2.85. The van der Waals surface area contributed by atoms with Crippen LogP contribution in [-0.2, 0) is 0 Å². The fourth-order valence-corrected chi connectivity index (χ4v) is 3.22. The zero-order valence-corrected chi connectivity index (χ0v) is 15.5. The van der Waals surface area contributed by atoms with Crippen LogP contribution in [0.2, 0.25) is 5.02 Å². The van der Waals surface area contributed by atoms with E-state index in [1.165, 1.54) is 0 Å². The third kappa shape index (κ3) is 3.94. The van der Waals surface area contributed by atoms with E-state index in [2.05, 4.69) is 27.6 Å². The summed E-state index contributed by atoms with van der Waals surface area (Å²) in [7, 11) is 0. The number of rotatable bonds is 6. The summed E-state index contributed by atoms with van der Waals surface area (Å²) in [5, 5.41) is 11.2. The first-order valence-corrected chi connectivity index (χ1v) is 9.11. The molecule has 2 atom stereocenters. The molecule has 5 nitrogen and oxygen atoms in total. The molecular formula is C21H19ClN3O2+. The van der Waals surface area contributed by atoms with Gasteiger partial charge in [0.1, 0.15) is 0 Å². The molecule has 4 rings (SSSR count). The van der Waals surface area contributed by atoms with Gasteiger partial charge < -0.3 is 14.2 Å². The van der Waals surface area contributed by atoms with Crippen LogP contribution in [0.3, 0.4) is 0 Å². The Morgan fingerprint density at radius 2 is 1.81 bits per heavy atom. The van der Waals surface area contributed by atoms with Gasteiger partial charge in [0.15, 0.2) is 17.8 Å². The quantitative estimate of drug-likeness (QED) is 0.538. The monoisotopic (exact) mass is 380 g/mol. The highest BCUT2D eigenvalue weighted by atomic mass is 35.5. The van der Waals surface area contributed by atoms with Crippen molar-refractivity contribution in [2.75, 3.05) is 0 Å². The zero-order valence-electron chi connectivity index (χ0n) is 14.7. The van der Waals surface area contributed by atoms with Crippen molar-refractivity contribution in [1.29, 1.82) is 0 Å². The van der Waals surface area contributed by atoms with Crippen LogP contribution in [0.15, 0.2) is 81.8 Å². The zero-order chi connectivity index (χ0) is 18.6. The molecule has 0 aliphatic heterocycles. The number of hydrogen-bond acceptors (Lipinski definition) is 4.